The molecule has 1 fully saturated rings. The molecule has 1 rings (SSSR count). The van der Waals surface area contributed by atoms with Gasteiger partial charge in [-0.1, -0.05) is 5.11 Å². The highest BCUT2D eigenvalue weighted by atomic mass is 32.1. The molecule has 0 amide bonds. The summed E-state index contributed by atoms with van der Waals surface area (Å²) < 4.78 is 10.1. The number of thiol groups is 1. The van der Waals surface area contributed by atoms with E-state index in [9.17, 15) is 4.79 Å². The van der Waals surface area contributed by atoms with Crippen molar-refractivity contribution in [1.29, 1.82) is 0 Å². The third-order valence-electron chi connectivity index (χ3n) is 1.84. The lowest BCUT2D eigenvalue weighted by Gasteiger charge is -2.32. The van der Waals surface area contributed by atoms with Crippen LogP contribution in [0.1, 0.15) is 6.92 Å². The predicted molar refractivity (Wildman–Crippen MR) is 52.1 cm³/mol. The SMILES string of the molecule is CC(=O)OC1C(S)COCC1N=[N+]=[N-]. The van der Waals surface area contributed by atoms with Crippen molar-refractivity contribution in [1.82, 2.24) is 0 Å². The van der Waals surface area contributed by atoms with Crippen LogP contribution in [-0.2, 0) is 14.3 Å². The molecule has 1 aliphatic heterocycles. The Morgan fingerprint density at radius 2 is 2.43 bits per heavy atom. The van der Waals surface area contributed by atoms with Crippen LogP contribution in [0, 0.1) is 0 Å². The monoisotopic (exact) mass is 217 g/mol. The van der Waals surface area contributed by atoms with Gasteiger partial charge in [0.25, 0.3) is 0 Å². The molecular formula is C7H11N3O3S. The highest BCUT2D eigenvalue weighted by molar-refractivity contribution is 7.81. The van der Waals surface area contributed by atoms with E-state index in [0.717, 1.165) is 0 Å². The van der Waals surface area contributed by atoms with Crippen molar-refractivity contribution in [2.75, 3.05) is 13.2 Å². The Kier molecular flexibility index (Phi) is 4.06. The average Bonchev–Trinajstić information content (AvgIpc) is 2.11. The number of nitrogens with zero attached hydrogens (tertiary/aromatic N) is 3. The Balaban J connectivity index is 2.69. The second kappa shape index (κ2) is 5.09. The van der Waals surface area contributed by atoms with Crippen LogP contribution in [-0.4, -0.2) is 36.6 Å². The lowest BCUT2D eigenvalue weighted by Crippen LogP contribution is -2.46. The summed E-state index contributed by atoms with van der Waals surface area (Å²) in [6, 6.07) is -0.486. The van der Waals surface area contributed by atoms with Gasteiger partial charge in [0.15, 0.2) is 0 Å². The third-order valence-corrected chi connectivity index (χ3v) is 2.28. The van der Waals surface area contributed by atoms with E-state index in [4.69, 9.17) is 15.0 Å². The average molecular weight is 217 g/mol. The summed E-state index contributed by atoms with van der Waals surface area (Å²) in [5, 5.41) is 3.25. The molecule has 0 N–H and O–H groups in total. The normalized spacial score (nSPS) is 31.7. The van der Waals surface area contributed by atoms with Gasteiger partial charge in [-0.25, -0.2) is 0 Å². The molecule has 1 aliphatic rings. The fourth-order valence-corrected chi connectivity index (χ4v) is 1.63. The molecule has 0 bridgehead atoms. The van der Waals surface area contributed by atoms with Gasteiger partial charge in [0.05, 0.1) is 24.5 Å². The van der Waals surface area contributed by atoms with E-state index in [1.807, 2.05) is 0 Å². The number of esters is 1. The first-order valence-electron chi connectivity index (χ1n) is 4.12. The Labute approximate surface area is 86.6 Å². The highest BCUT2D eigenvalue weighted by Crippen LogP contribution is 2.20. The molecular weight excluding hydrogens is 206 g/mol. The molecule has 0 spiro atoms. The number of azide groups is 1. The van der Waals surface area contributed by atoms with Crippen molar-refractivity contribution in [3.05, 3.63) is 10.4 Å². The molecule has 0 aromatic carbocycles. The van der Waals surface area contributed by atoms with E-state index in [-0.39, 0.29) is 11.9 Å². The van der Waals surface area contributed by atoms with E-state index < -0.39 is 18.1 Å². The van der Waals surface area contributed by atoms with Gasteiger partial charge in [-0.15, -0.1) is 0 Å². The van der Waals surface area contributed by atoms with Gasteiger partial charge < -0.3 is 9.47 Å². The summed E-state index contributed by atoms with van der Waals surface area (Å²) in [6.45, 7) is 1.96. The minimum atomic E-state index is -0.500. The molecule has 0 saturated carbocycles. The second-order valence-electron chi connectivity index (χ2n) is 2.95. The molecule has 0 aliphatic carbocycles. The number of carbonyl (C=O) groups excluding carboxylic acids is 1. The standard InChI is InChI=1S/C7H11N3O3S/c1-4(11)13-7-5(9-10-8)2-12-3-6(7)14/h5-7,14H,2-3H2,1H3. The topological polar surface area (TPSA) is 84.3 Å². The highest BCUT2D eigenvalue weighted by Gasteiger charge is 2.34. The summed E-state index contributed by atoms with van der Waals surface area (Å²) in [4.78, 5) is 13.4. The maximum absolute atomic E-state index is 10.8. The van der Waals surface area contributed by atoms with Crippen molar-refractivity contribution in [3.8, 4) is 0 Å². The summed E-state index contributed by atoms with van der Waals surface area (Å²) in [5.41, 5.74) is 8.29. The number of hydrogen-bond donors (Lipinski definition) is 1. The number of rotatable bonds is 2. The van der Waals surface area contributed by atoms with Crippen LogP contribution >= 0.6 is 12.6 Å². The smallest absolute Gasteiger partial charge is 0.302 e. The molecule has 6 nitrogen and oxygen atoms in total. The van der Waals surface area contributed by atoms with Gasteiger partial charge >= 0.3 is 5.97 Å². The zero-order valence-electron chi connectivity index (χ0n) is 7.66. The van der Waals surface area contributed by atoms with Gasteiger partial charge in [0, 0.05) is 11.8 Å². The maximum Gasteiger partial charge on any atom is 0.302 e. The molecule has 0 radical (unpaired) electrons. The van der Waals surface area contributed by atoms with Crippen molar-refractivity contribution in [2.24, 2.45) is 5.11 Å². The molecule has 78 valence electrons. The summed E-state index contributed by atoms with van der Waals surface area (Å²) >= 11 is 4.20. The summed E-state index contributed by atoms with van der Waals surface area (Å²) in [5.74, 6) is -0.408. The third kappa shape index (κ3) is 2.80. The van der Waals surface area contributed by atoms with Crippen molar-refractivity contribution < 1.29 is 14.3 Å². The van der Waals surface area contributed by atoms with E-state index >= 15 is 0 Å². The number of carbonyl (C=O) groups is 1. The van der Waals surface area contributed by atoms with E-state index in [2.05, 4.69) is 22.7 Å². The van der Waals surface area contributed by atoms with Gasteiger partial charge in [0.2, 0.25) is 0 Å². The Hall–Kier alpha value is -0.910. The molecule has 3 unspecified atom stereocenters. The van der Waals surface area contributed by atoms with Crippen LogP contribution in [0.15, 0.2) is 5.11 Å². The number of hydrogen-bond acceptors (Lipinski definition) is 5. The maximum atomic E-state index is 10.8. The van der Waals surface area contributed by atoms with Crippen LogP contribution in [0.3, 0.4) is 0 Å². The van der Waals surface area contributed by atoms with E-state index in [1.54, 1.807) is 0 Å². The molecule has 14 heavy (non-hydrogen) atoms. The molecule has 0 aromatic rings. The Bertz CT molecular complexity index is 267. The quantitative estimate of drug-likeness (QED) is 0.245. The molecule has 3 atom stereocenters. The lowest BCUT2D eigenvalue weighted by atomic mass is 10.1. The lowest BCUT2D eigenvalue weighted by molar-refractivity contribution is -0.151. The minimum absolute atomic E-state index is 0.247. The molecule has 1 heterocycles. The summed E-state index contributed by atoms with van der Waals surface area (Å²) in [7, 11) is 0. The Morgan fingerprint density at radius 1 is 1.71 bits per heavy atom. The van der Waals surface area contributed by atoms with Gasteiger partial charge in [0.1, 0.15) is 6.10 Å². The first kappa shape index (κ1) is 11.2. The second-order valence-corrected chi connectivity index (χ2v) is 3.61. The zero-order valence-corrected chi connectivity index (χ0v) is 8.55. The van der Waals surface area contributed by atoms with Crippen LogP contribution in [0.25, 0.3) is 10.4 Å². The van der Waals surface area contributed by atoms with Crippen LogP contribution in [0.5, 0.6) is 0 Å². The molecule has 7 heteroatoms. The van der Waals surface area contributed by atoms with E-state index in [0.29, 0.717) is 6.61 Å². The first-order chi connectivity index (χ1) is 6.65. The summed E-state index contributed by atoms with van der Waals surface area (Å²) in [6.07, 6.45) is -0.500. The zero-order chi connectivity index (χ0) is 10.6. The Morgan fingerprint density at radius 3 is 3.00 bits per heavy atom. The van der Waals surface area contributed by atoms with Gasteiger partial charge in [-0.3, -0.25) is 4.79 Å². The van der Waals surface area contributed by atoms with E-state index in [1.165, 1.54) is 6.92 Å². The molecule has 1 saturated heterocycles. The van der Waals surface area contributed by atoms with Crippen molar-refractivity contribution >= 4 is 18.6 Å². The molecule has 0 aromatic heterocycles. The predicted octanol–water partition coefficient (Wildman–Crippen LogP) is 0.926. The minimum Gasteiger partial charge on any atom is -0.461 e. The van der Waals surface area contributed by atoms with Crippen LogP contribution in [0.2, 0.25) is 0 Å². The van der Waals surface area contributed by atoms with Crippen molar-refractivity contribution in [2.45, 2.75) is 24.3 Å². The van der Waals surface area contributed by atoms with Gasteiger partial charge in [-0.05, 0) is 5.53 Å². The van der Waals surface area contributed by atoms with Crippen LogP contribution in [0.4, 0.5) is 0 Å². The first-order valence-corrected chi connectivity index (χ1v) is 4.64. The van der Waals surface area contributed by atoms with Crippen LogP contribution < -0.4 is 0 Å². The largest absolute Gasteiger partial charge is 0.461 e. The fourth-order valence-electron chi connectivity index (χ4n) is 1.27. The fraction of sp³-hybridized carbons (Fsp3) is 0.857. The van der Waals surface area contributed by atoms with Crippen molar-refractivity contribution in [3.63, 3.8) is 0 Å². The number of ether oxygens (including phenoxy) is 2. The van der Waals surface area contributed by atoms with Gasteiger partial charge in [-0.2, -0.15) is 12.6 Å².